The monoisotopic (exact) mass is 1440 g/mol. The minimum absolute atomic E-state index is 0.0655. The van der Waals surface area contributed by atoms with Crippen LogP contribution in [0.5, 0.6) is 34.5 Å². The van der Waals surface area contributed by atoms with E-state index < -0.39 is 12.2 Å². The molecule has 12 heterocycles. The zero-order chi connectivity index (χ0) is 67.8. The molecular weight excluding hydrogens is 1370 g/mol. The molecule has 0 spiro atoms. The summed E-state index contributed by atoms with van der Waals surface area (Å²) in [6, 6.07) is 16.9. The maximum absolute atomic E-state index is 12.4. The van der Waals surface area contributed by atoms with Gasteiger partial charge in [-0.25, -0.2) is 29.9 Å². The van der Waals surface area contributed by atoms with Gasteiger partial charge in [0.05, 0.1) is 31.6 Å². The number of halogens is 3. The molecule has 0 saturated carbocycles. The standard InChI is InChI=1S/2C22H24ClN5O4S.C21H22ClN5O3S/c2*1-12(29)21(30)27-7-2-3-13(27)5-8-28-15-4-6-25-20(24)19(15)26-22(28)33-18-10-17-16(9-14(18)23)31-11-32-17;1-12(28)26-7-2-3-13(26)5-8-27-15-4-6-24-20(23)19(15)25-21(27)31-18-10-17-16(9-14(18)22)29-11-30-17/h2*4,6,9-10,12-13,29H,2-3,5,7-8,11H2,1H3,(H2,24,25);4,6,9-10,13H,2-3,5,7-8,11H2,1H3,(H2,23,24)/t2*12-,13?;/m10./s1. The number of nitrogen functional groups attached to an aromatic ring is 3. The lowest BCUT2D eigenvalue weighted by Crippen LogP contribution is -2.41. The van der Waals surface area contributed by atoms with E-state index in [1.807, 2.05) is 41.3 Å². The van der Waals surface area contributed by atoms with Crippen LogP contribution in [0.4, 0.5) is 17.5 Å². The van der Waals surface area contributed by atoms with Crippen molar-refractivity contribution in [3.05, 3.63) is 88.3 Å². The molecule has 3 aromatic carbocycles. The Balaban J connectivity index is 0.000000131. The average molecular weight is 1440 g/mol. The van der Waals surface area contributed by atoms with Crippen LogP contribution < -0.4 is 45.6 Å². The number of aliphatic hydroxyl groups is 2. The highest BCUT2D eigenvalue weighted by molar-refractivity contribution is 7.99. The van der Waals surface area contributed by atoms with Crippen molar-refractivity contribution in [3.63, 3.8) is 0 Å². The Labute approximate surface area is 584 Å². The summed E-state index contributed by atoms with van der Waals surface area (Å²) in [7, 11) is 0. The lowest BCUT2D eigenvalue weighted by molar-refractivity contribution is -0.140. The van der Waals surface area contributed by atoms with Crippen molar-refractivity contribution >= 4 is 138 Å². The second-order valence-corrected chi connectivity index (χ2v) is 28.2. The predicted molar refractivity (Wildman–Crippen MR) is 368 cm³/mol. The lowest BCUT2D eigenvalue weighted by Gasteiger charge is -2.26. The van der Waals surface area contributed by atoms with Crippen LogP contribution in [0.15, 0.2) is 103 Å². The van der Waals surface area contributed by atoms with E-state index in [1.165, 1.54) is 49.1 Å². The fourth-order valence-electron chi connectivity index (χ4n) is 13.0. The van der Waals surface area contributed by atoms with Gasteiger partial charge in [-0.2, -0.15) is 0 Å². The number of anilines is 3. The molecule has 5 atom stereocenters. The molecule has 8 N–H and O–H groups in total. The van der Waals surface area contributed by atoms with Crippen molar-refractivity contribution in [1.82, 2.24) is 58.3 Å². The fourth-order valence-corrected chi connectivity index (χ4v) is 16.7. The molecule has 3 fully saturated rings. The van der Waals surface area contributed by atoms with E-state index in [-0.39, 0.29) is 56.2 Å². The quantitative estimate of drug-likeness (QED) is 0.0565. The number of aromatic nitrogens is 9. The normalized spacial score (nSPS) is 18.1. The van der Waals surface area contributed by atoms with Crippen LogP contribution in [-0.4, -0.2) is 157 Å². The van der Waals surface area contributed by atoms with Gasteiger partial charge in [0.1, 0.15) is 28.8 Å². The minimum atomic E-state index is -0.996. The van der Waals surface area contributed by atoms with E-state index >= 15 is 0 Å². The van der Waals surface area contributed by atoms with E-state index in [1.54, 1.807) is 53.5 Å². The topological polar surface area (TPSA) is 327 Å². The predicted octanol–water partition coefficient (Wildman–Crippen LogP) is 10.6. The number of amides is 3. The van der Waals surface area contributed by atoms with Gasteiger partial charge in [0.2, 0.25) is 26.3 Å². The highest BCUT2D eigenvalue weighted by Crippen LogP contribution is 2.47. The van der Waals surface area contributed by atoms with Crippen LogP contribution in [0, 0.1) is 0 Å². The van der Waals surface area contributed by atoms with E-state index in [4.69, 9.17) is 95.4 Å². The Morgan fingerprint density at radius 3 is 1.08 bits per heavy atom. The third kappa shape index (κ3) is 14.3. The first-order chi connectivity index (χ1) is 46.8. The third-order valence-electron chi connectivity index (χ3n) is 17.7. The number of likely N-dealkylation sites (tertiary alicyclic amines) is 3. The molecule has 3 saturated heterocycles. The summed E-state index contributed by atoms with van der Waals surface area (Å²) >= 11 is 23.8. The zero-order valence-electron chi connectivity index (χ0n) is 53.1. The number of hydrogen-bond acceptors (Lipinski definition) is 23. The van der Waals surface area contributed by atoms with Crippen molar-refractivity contribution in [1.29, 1.82) is 0 Å². The van der Waals surface area contributed by atoms with Crippen LogP contribution in [0.2, 0.25) is 15.1 Å². The van der Waals surface area contributed by atoms with Gasteiger partial charge in [-0.1, -0.05) is 34.8 Å². The minimum Gasteiger partial charge on any atom is -0.454 e. The van der Waals surface area contributed by atoms with E-state index in [0.29, 0.717) is 116 Å². The Kier molecular flexibility index (Phi) is 20.3. The molecule has 6 aliphatic heterocycles. The zero-order valence-corrected chi connectivity index (χ0v) is 57.8. The number of carbonyl (C=O) groups is 3. The van der Waals surface area contributed by atoms with Crippen LogP contribution in [-0.2, 0) is 34.0 Å². The number of aliphatic hydroxyl groups excluding tert-OH is 2. The van der Waals surface area contributed by atoms with Crippen molar-refractivity contribution in [2.24, 2.45) is 0 Å². The van der Waals surface area contributed by atoms with Gasteiger partial charge in [-0.3, -0.25) is 14.4 Å². The summed E-state index contributed by atoms with van der Waals surface area (Å²) in [5.74, 6) is 4.63. The molecule has 9 aromatic rings. The van der Waals surface area contributed by atoms with Gasteiger partial charge in [0.15, 0.2) is 67.4 Å². The Hall–Kier alpha value is -8.03. The van der Waals surface area contributed by atoms with Crippen LogP contribution in [0.3, 0.4) is 0 Å². The maximum Gasteiger partial charge on any atom is 0.251 e. The first-order valence-corrected chi connectivity index (χ1v) is 35.3. The first kappa shape index (κ1) is 67.5. The number of nitrogens with zero attached hydrogens (tertiary/aromatic N) is 12. The van der Waals surface area contributed by atoms with Crippen LogP contribution in [0.25, 0.3) is 33.1 Å². The smallest absolute Gasteiger partial charge is 0.251 e. The van der Waals surface area contributed by atoms with E-state index in [9.17, 15) is 24.6 Å². The van der Waals surface area contributed by atoms with E-state index in [0.717, 1.165) is 111 Å². The highest BCUT2D eigenvalue weighted by atomic mass is 35.5. The summed E-state index contributed by atoms with van der Waals surface area (Å²) in [4.78, 5) is 71.5. The number of benzene rings is 3. The third-order valence-corrected chi connectivity index (χ3v) is 22.2. The fraction of sp³-hybridized carbons (Fsp3) is 0.400. The average Bonchev–Trinajstić information content (AvgIpc) is 1.65. The molecule has 0 bridgehead atoms. The number of imidazole rings is 3. The van der Waals surface area contributed by atoms with Crippen molar-refractivity contribution in [3.8, 4) is 34.5 Å². The summed E-state index contributed by atoms with van der Waals surface area (Å²) in [5, 5.41) is 23.4. The maximum atomic E-state index is 12.4. The molecule has 3 amide bonds. The molecule has 0 aliphatic carbocycles. The lowest BCUT2D eigenvalue weighted by atomic mass is 10.1. The molecule has 510 valence electrons. The SMILES string of the molecule is CC(=O)N1CCCC1CCn1c(Sc2cc3c(cc2Cl)OCO3)nc2c(N)nccc21.C[C@@H](O)C(=O)N1CCCC1CCn1c(Sc2cc3c(cc2Cl)OCO3)nc2c(N)nccc21.C[C@H](O)C(=O)N1CCCC1CCn1c(Sc2cc3c(cc2Cl)OCO3)nc2c(N)nccc21. The molecule has 6 aromatic heterocycles. The highest BCUT2D eigenvalue weighted by Gasteiger charge is 2.34. The van der Waals surface area contributed by atoms with Crippen molar-refractivity contribution in [2.75, 3.05) is 57.2 Å². The van der Waals surface area contributed by atoms with Crippen LogP contribution in [0.1, 0.15) is 78.6 Å². The summed E-state index contributed by atoms with van der Waals surface area (Å²) in [5.41, 5.74) is 22.9. The number of ether oxygens (including phenoxy) is 6. The Morgan fingerprint density at radius 1 is 0.495 bits per heavy atom. The Bertz CT molecular complexity index is 4300. The van der Waals surface area contributed by atoms with Crippen LogP contribution >= 0.6 is 70.1 Å². The summed E-state index contributed by atoms with van der Waals surface area (Å²) in [6.07, 6.45) is 11.1. The van der Waals surface area contributed by atoms with Gasteiger partial charge < -0.3 is 84.2 Å². The molecule has 0 radical (unpaired) electrons. The molecule has 97 heavy (non-hydrogen) atoms. The number of pyridine rings is 3. The van der Waals surface area contributed by atoms with E-state index in [2.05, 4.69) is 28.7 Å². The molecule has 15 rings (SSSR count). The van der Waals surface area contributed by atoms with Crippen molar-refractivity contribution in [2.45, 2.75) is 159 Å². The number of fused-ring (bicyclic) bond motifs is 6. The molecule has 6 aliphatic rings. The summed E-state index contributed by atoms with van der Waals surface area (Å²) in [6.45, 7) is 9.32. The molecule has 32 heteroatoms. The van der Waals surface area contributed by atoms with Gasteiger partial charge >= 0.3 is 0 Å². The second-order valence-electron chi connectivity index (χ2n) is 23.9. The second kappa shape index (κ2) is 29.2. The number of carbonyl (C=O) groups excluding carboxylic acids is 3. The summed E-state index contributed by atoms with van der Waals surface area (Å²) < 4.78 is 39.0. The molecular formula is C65H70Cl3N15O11S3. The molecule has 26 nitrogen and oxygen atoms in total. The van der Waals surface area contributed by atoms with Gasteiger partial charge in [-0.15, -0.1) is 0 Å². The van der Waals surface area contributed by atoms with Gasteiger partial charge in [0, 0.05) is 116 Å². The van der Waals surface area contributed by atoms with Crippen molar-refractivity contribution < 1.29 is 53.0 Å². The Morgan fingerprint density at radius 2 is 0.784 bits per heavy atom. The van der Waals surface area contributed by atoms with Gasteiger partial charge in [-0.05, 0) is 143 Å². The van der Waals surface area contributed by atoms with Gasteiger partial charge in [0.25, 0.3) is 11.8 Å². The molecule has 3 unspecified atom stereocenters. The number of hydrogen-bond donors (Lipinski definition) is 5. The number of nitrogens with two attached hydrogens (primary N) is 3. The number of rotatable bonds is 17. The first-order valence-electron chi connectivity index (χ1n) is 31.7. The largest absolute Gasteiger partial charge is 0.454 e. The number of aryl methyl sites for hydroxylation is 3.